The first kappa shape index (κ1) is 9.55. The topological polar surface area (TPSA) is 12.9 Å². The number of nitrogens with zero attached hydrogens (tertiary/aromatic N) is 1. The molecule has 0 aliphatic heterocycles. The first-order chi connectivity index (χ1) is 5.18. The first-order valence-corrected chi connectivity index (χ1v) is 6.12. The SMILES string of the molecule is CC(C)SCc1nc(Br)cs1. The summed E-state index contributed by atoms with van der Waals surface area (Å²) in [5.41, 5.74) is 0. The number of halogens is 1. The minimum Gasteiger partial charge on any atom is -0.233 e. The van der Waals surface area contributed by atoms with Gasteiger partial charge in [-0.25, -0.2) is 4.98 Å². The Hall–Kier alpha value is 0.460. The van der Waals surface area contributed by atoms with Gasteiger partial charge in [-0.3, -0.25) is 0 Å². The molecule has 11 heavy (non-hydrogen) atoms. The molecule has 0 amide bonds. The lowest BCUT2D eigenvalue weighted by molar-refractivity contribution is 1.10. The Labute approximate surface area is 83.7 Å². The van der Waals surface area contributed by atoms with Crippen molar-refractivity contribution in [3.8, 4) is 0 Å². The van der Waals surface area contributed by atoms with Crippen LogP contribution in [0.2, 0.25) is 0 Å². The third-order valence-corrected chi connectivity index (χ3v) is 3.91. The summed E-state index contributed by atoms with van der Waals surface area (Å²) < 4.78 is 0.960. The van der Waals surface area contributed by atoms with Gasteiger partial charge in [0.25, 0.3) is 0 Å². The van der Waals surface area contributed by atoms with Crippen molar-refractivity contribution in [1.82, 2.24) is 4.98 Å². The average molecular weight is 252 g/mol. The van der Waals surface area contributed by atoms with Gasteiger partial charge in [0.2, 0.25) is 0 Å². The van der Waals surface area contributed by atoms with E-state index < -0.39 is 0 Å². The summed E-state index contributed by atoms with van der Waals surface area (Å²) in [5.74, 6) is 1.04. The third kappa shape index (κ3) is 3.58. The van der Waals surface area contributed by atoms with Gasteiger partial charge in [0.1, 0.15) is 9.61 Å². The Morgan fingerprint density at radius 1 is 1.73 bits per heavy atom. The molecule has 0 fully saturated rings. The number of thioether (sulfide) groups is 1. The molecule has 0 radical (unpaired) electrons. The highest BCUT2D eigenvalue weighted by molar-refractivity contribution is 9.10. The fourth-order valence-electron chi connectivity index (χ4n) is 0.593. The van der Waals surface area contributed by atoms with Gasteiger partial charge < -0.3 is 0 Å². The summed E-state index contributed by atoms with van der Waals surface area (Å²) in [6.07, 6.45) is 0. The standard InChI is InChI=1S/C7H10BrNS2/c1-5(2)10-4-7-9-6(8)3-11-7/h3,5H,4H2,1-2H3. The first-order valence-electron chi connectivity index (χ1n) is 3.40. The van der Waals surface area contributed by atoms with E-state index in [-0.39, 0.29) is 0 Å². The third-order valence-electron chi connectivity index (χ3n) is 1.06. The van der Waals surface area contributed by atoms with Crippen molar-refractivity contribution in [2.24, 2.45) is 0 Å². The maximum absolute atomic E-state index is 4.30. The molecule has 1 aromatic heterocycles. The van der Waals surface area contributed by atoms with Crippen LogP contribution in [0.1, 0.15) is 18.9 Å². The zero-order chi connectivity index (χ0) is 8.27. The molecule has 4 heteroatoms. The summed E-state index contributed by atoms with van der Waals surface area (Å²) in [4.78, 5) is 4.30. The molecule has 0 atom stereocenters. The summed E-state index contributed by atoms with van der Waals surface area (Å²) in [7, 11) is 0. The quantitative estimate of drug-likeness (QED) is 0.816. The molecule has 0 bridgehead atoms. The predicted octanol–water partition coefficient (Wildman–Crippen LogP) is 3.55. The van der Waals surface area contributed by atoms with E-state index >= 15 is 0 Å². The molecule has 0 unspecified atom stereocenters. The summed E-state index contributed by atoms with van der Waals surface area (Å²) in [5, 5.41) is 3.92. The monoisotopic (exact) mass is 251 g/mol. The lowest BCUT2D eigenvalue weighted by Gasteiger charge is -2.00. The molecule has 1 nitrogen and oxygen atoms in total. The molecule has 0 aromatic carbocycles. The van der Waals surface area contributed by atoms with E-state index in [0.717, 1.165) is 10.4 Å². The smallest absolute Gasteiger partial charge is 0.117 e. The lowest BCUT2D eigenvalue weighted by Crippen LogP contribution is -1.87. The van der Waals surface area contributed by atoms with Gasteiger partial charge in [-0.1, -0.05) is 13.8 Å². The molecule has 1 rings (SSSR count). The van der Waals surface area contributed by atoms with Gasteiger partial charge in [-0.15, -0.1) is 11.3 Å². The van der Waals surface area contributed by atoms with Crippen LogP contribution in [0.4, 0.5) is 0 Å². The molecular formula is C7H10BrNS2. The van der Waals surface area contributed by atoms with Crippen LogP contribution in [-0.4, -0.2) is 10.2 Å². The van der Waals surface area contributed by atoms with Crippen LogP contribution >= 0.6 is 39.0 Å². The van der Waals surface area contributed by atoms with E-state index in [1.165, 1.54) is 5.01 Å². The average Bonchev–Trinajstić information content (AvgIpc) is 2.31. The Balaban J connectivity index is 2.39. The molecule has 1 heterocycles. The van der Waals surface area contributed by atoms with Crippen LogP contribution in [0.3, 0.4) is 0 Å². The molecule has 0 aliphatic carbocycles. The molecule has 0 saturated heterocycles. The molecule has 0 saturated carbocycles. The van der Waals surface area contributed by atoms with Gasteiger partial charge >= 0.3 is 0 Å². The van der Waals surface area contributed by atoms with Crippen molar-refractivity contribution in [3.05, 3.63) is 15.0 Å². The van der Waals surface area contributed by atoms with Crippen LogP contribution in [0, 0.1) is 0 Å². The second-order valence-corrected chi connectivity index (χ2v) is 5.74. The maximum Gasteiger partial charge on any atom is 0.117 e. The largest absolute Gasteiger partial charge is 0.233 e. The summed E-state index contributed by atoms with van der Waals surface area (Å²) >= 11 is 6.97. The number of aromatic nitrogens is 1. The zero-order valence-corrected chi connectivity index (χ0v) is 9.72. The van der Waals surface area contributed by atoms with Gasteiger partial charge in [0.15, 0.2) is 0 Å². The summed E-state index contributed by atoms with van der Waals surface area (Å²) in [6.45, 7) is 4.40. The molecule has 0 aliphatic rings. The lowest BCUT2D eigenvalue weighted by atomic mass is 10.6. The Morgan fingerprint density at radius 2 is 2.45 bits per heavy atom. The van der Waals surface area contributed by atoms with Crippen molar-refractivity contribution >= 4 is 39.0 Å². The van der Waals surface area contributed by atoms with Gasteiger partial charge in [0, 0.05) is 11.1 Å². The van der Waals surface area contributed by atoms with Crippen molar-refractivity contribution in [3.63, 3.8) is 0 Å². The van der Waals surface area contributed by atoms with Crippen LogP contribution in [-0.2, 0) is 5.75 Å². The van der Waals surface area contributed by atoms with E-state index in [0.29, 0.717) is 5.25 Å². The minimum absolute atomic E-state index is 0.692. The predicted molar refractivity (Wildman–Crippen MR) is 56.2 cm³/mol. The van der Waals surface area contributed by atoms with E-state index in [1.807, 2.05) is 17.1 Å². The Bertz CT molecular complexity index is 222. The van der Waals surface area contributed by atoms with Crippen molar-refractivity contribution in [2.45, 2.75) is 24.9 Å². The zero-order valence-electron chi connectivity index (χ0n) is 6.50. The highest BCUT2D eigenvalue weighted by Crippen LogP contribution is 2.21. The highest BCUT2D eigenvalue weighted by atomic mass is 79.9. The number of hydrogen-bond donors (Lipinski definition) is 0. The molecule has 0 N–H and O–H groups in total. The maximum atomic E-state index is 4.30. The van der Waals surface area contributed by atoms with Crippen LogP contribution < -0.4 is 0 Å². The van der Waals surface area contributed by atoms with Crippen LogP contribution in [0.15, 0.2) is 9.98 Å². The minimum atomic E-state index is 0.692. The number of rotatable bonds is 3. The Kier molecular flexibility index (Phi) is 3.89. The molecule has 1 aromatic rings. The molecule has 62 valence electrons. The van der Waals surface area contributed by atoms with Gasteiger partial charge in [-0.05, 0) is 21.2 Å². The highest BCUT2D eigenvalue weighted by Gasteiger charge is 2.00. The molecule has 0 spiro atoms. The van der Waals surface area contributed by atoms with Crippen LogP contribution in [0.25, 0.3) is 0 Å². The fourth-order valence-corrected chi connectivity index (χ4v) is 2.66. The van der Waals surface area contributed by atoms with E-state index in [4.69, 9.17) is 0 Å². The van der Waals surface area contributed by atoms with E-state index in [1.54, 1.807) is 11.3 Å². The van der Waals surface area contributed by atoms with Gasteiger partial charge in [-0.2, -0.15) is 11.8 Å². The summed E-state index contributed by atoms with van der Waals surface area (Å²) in [6, 6.07) is 0. The second-order valence-electron chi connectivity index (χ2n) is 2.42. The van der Waals surface area contributed by atoms with Gasteiger partial charge in [0.05, 0.1) is 0 Å². The number of hydrogen-bond acceptors (Lipinski definition) is 3. The second kappa shape index (κ2) is 4.48. The fraction of sp³-hybridized carbons (Fsp3) is 0.571. The van der Waals surface area contributed by atoms with Crippen LogP contribution in [0.5, 0.6) is 0 Å². The normalized spacial score (nSPS) is 10.9. The van der Waals surface area contributed by atoms with E-state index in [2.05, 4.69) is 34.8 Å². The van der Waals surface area contributed by atoms with Crippen molar-refractivity contribution in [1.29, 1.82) is 0 Å². The van der Waals surface area contributed by atoms with E-state index in [9.17, 15) is 0 Å². The molecular weight excluding hydrogens is 242 g/mol. The Morgan fingerprint density at radius 3 is 2.91 bits per heavy atom. The number of thiazole rings is 1. The van der Waals surface area contributed by atoms with Crippen molar-refractivity contribution in [2.75, 3.05) is 0 Å². The van der Waals surface area contributed by atoms with Crippen molar-refractivity contribution < 1.29 is 0 Å².